The maximum absolute atomic E-state index is 11.7. The molecule has 0 N–H and O–H groups in total. The van der Waals surface area contributed by atoms with Crippen LogP contribution in [0.5, 0.6) is 0 Å². The molecule has 13 heavy (non-hydrogen) atoms. The number of carbonyl (C=O) groups excluding carboxylic acids is 1. The molecule has 0 saturated heterocycles. The molecule has 1 aromatic rings. The number of nitrogens with zero attached hydrogens (tertiary/aromatic N) is 1. The van der Waals surface area contributed by atoms with Crippen LogP contribution < -0.4 is 0 Å². The van der Waals surface area contributed by atoms with Crippen LogP contribution in [0.1, 0.15) is 10.4 Å². The minimum absolute atomic E-state index is 0.109. The number of rotatable bonds is 1. The van der Waals surface area contributed by atoms with Gasteiger partial charge in [-0.1, -0.05) is 18.2 Å². The third kappa shape index (κ3) is 1.40. The normalized spacial score (nSPS) is 21.0. The summed E-state index contributed by atoms with van der Waals surface area (Å²) < 4.78 is 0. The van der Waals surface area contributed by atoms with E-state index in [1.165, 1.54) is 0 Å². The summed E-state index contributed by atoms with van der Waals surface area (Å²) in [6.45, 7) is 0. The van der Waals surface area contributed by atoms with E-state index in [4.69, 9.17) is 0 Å². The van der Waals surface area contributed by atoms with Gasteiger partial charge in [-0.15, -0.1) is 11.8 Å². The van der Waals surface area contributed by atoms with Gasteiger partial charge in [-0.25, -0.2) is 0 Å². The Balaban J connectivity index is 2.38. The van der Waals surface area contributed by atoms with Crippen LogP contribution in [0, 0.1) is 0 Å². The van der Waals surface area contributed by atoms with Crippen LogP contribution in [0.15, 0.2) is 34.2 Å². The molecule has 1 aliphatic heterocycles. The lowest BCUT2D eigenvalue weighted by atomic mass is 10.1. The molecule has 0 amide bonds. The summed E-state index contributed by atoms with van der Waals surface area (Å²) in [5.74, 6) is 0.172. The molecule has 3 heteroatoms. The van der Waals surface area contributed by atoms with Crippen LogP contribution in [0.2, 0.25) is 0 Å². The highest BCUT2D eigenvalue weighted by Crippen LogP contribution is 2.35. The molecule has 0 aliphatic carbocycles. The standard InChI is InChI=1S/C10H9NOS/c1-11-6-9-10(12)7-4-2-3-5-8(7)13-9/h2-6,9H,1H3. The molecule has 0 aromatic heterocycles. The molecule has 66 valence electrons. The molecule has 1 aliphatic rings. The zero-order chi connectivity index (χ0) is 9.26. The fourth-order valence-corrected chi connectivity index (χ4v) is 2.49. The number of hydrogen-bond donors (Lipinski definition) is 0. The van der Waals surface area contributed by atoms with Crippen molar-refractivity contribution in [2.24, 2.45) is 4.99 Å². The predicted molar refractivity (Wildman–Crippen MR) is 54.8 cm³/mol. The van der Waals surface area contributed by atoms with Crippen LogP contribution in [0.25, 0.3) is 0 Å². The number of Topliss-reactive ketones (excluding diaryl/α,β-unsaturated/α-hetero) is 1. The predicted octanol–water partition coefficient (Wildman–Crippen LogP) is 2.04. The number of aliphatic imine (C=N–C) groups is 1. The Kier molecular flexibility index (Phi) is 2.19. The van der Waals surface area contributed by atoms with E-state index in [9.17, 15) is 4.79 Å². The van der Waals surface area contributed by atoms with Crippen molar-refractivity contribution in [2.75, 3.05) is 7.05 Å². The van der Waals surface area contributed by atoms with Crippen molar-refractivity contribution < 1.29 is 4.79 Å². The number of carbonyl (C=O) groups is 1. The summed E-state index contributed by atoms with van der Waals surface area (Å²) in [6, 6.07) is 7.68. The Labute approximate surface area is 81.1 Å². The van der Waals surface area contributed by atoms with E-state index in [1.54, 1.807) is 25.0 Å². The van der Waals surface area contributed by atoms with Crippen molar-refractivity contribution in [1.29, 1.82) is 0 Å². The summed E-state index contributed by atoms with van der Waals surface area (Å²) in [5, 5.41) is -0.109. The SMILES string of the molecule is CN=CC1Sc2ccccc2C1=O. The van der Waals surface area contributed by atoms with Gasteiger partial charge in [0.25, 0.3) is 0 Å². The van der Waals surface area contributed by atoms with Gasteiger partial charge in [-0.3, -0.25) is 9.79 Å². The van der Waals surface area contributed by atoms with Gasteiger partial charge in [0.15, 0.2) is 5.78 Å². The molecule has 0 bridgehead atoms. The van der Waals surface area contributed by atoms with Gasteiger partial charge in [0.2, 0.25) is 0 Å². The number of thioether (sulfide) groups is 1. The van der Waals surface area contributed by atoms with Gasteiger partial charge < -0.3 is 0 Å². The number of hydrogen-bond acceptors (Lipinski definition) is 3. The van der Waals surface area contributed by atoms with Crippen LogP contribution in [-0.4, -0.2) is 24.3 Å². The minimum Gasteiger partial charge on any atom is -0.299 e. The van der Waals surface area contributed by atoms with Crippen LogP contribution in [-0.2, 0) is 0 Å². The van der Waals surface area contributed by atoms with Gasteiger partial charge in [0.05, 0.1) is 0 Å². The van der Waals surface area contributed by atoms with E-state index in [2.05, 4.69) is 4.99 Å². The topological polar surface area (TPSA) is 29.4 Å². The van der Waals surface area contributed by atoms with Crippen molar-refractivity contribution in [3.8, 4) is 0 Å². The molecule has 1 heterocycles. The van der Waals surface area contributed by atoms with E-state index < -0.39 is 0 Å². The quantitative estimate of drug-likeness (QED) is 0.636. The number of benzene rings is 1. The Morgan fingerprint density at radius 3 is 2.92 bits per heavy atom. The number of fused-ring (bicyclic) bond motifs is 1. The first kappa shape index (κ1) is 8.51. The molecule has 2 rings (SSSR count). The smallest absolute Gasteiger partial charge is 0.182 e. The highest BCUT2D eigenvalue weighted by Gasteiger charge is 2.29. The van der Waals surface area contributed by atoms with E-state index in [0.29, 0.717) is 0 Å². The second-order valence-electron chi connectivity index (χ2n) is 2.81. The van der Waals surface area contributed by atoms with E-state index in [0.717, 1.165) is 10.5 Å². The Hall–Kier alpha value is -1.09. The third-order valence-corrected chi connectivity index (χ3v) is 3.15. The lowest BCUT2D eigenvalue weighted by Crippen LogP contribution is -2.12. The second kappa shape index (κ2) is 3.34. The Bertz CT molecular complexity index is 373. The Morgan fingerprint density at radius 2 is 2.23 bits per heavy atom. The highest BCUT2D eigenvalue weighted by molar-refractivity contribution is 8.02. The molecule has 0 radical (unpaired) electrons. The second-order valence-corrected chi connectivity index (χ2v) is 3.99. The lowest BCUT2D eigenvalue weighted by Gasteiger charge is -1.95. The van der Waals surface area contributed by atoms with Crippen molar-refractivity contribution in [2.45, 2.75) is 10.1 Å². The van der Waals surface area contributed by atoms with E-state index >= 15 is 0 Å². The van der Waals surface area contributed by atoms with Gasteiger partial charge in [0, 0.05) is 23.7 Å². The maximum Gasteiger partial charge on any atom is 0.182 e. The van der Waals surface area contributed by atoms with Gasteiger partial charge in [-0.2, -0.15) is 0 Å². The average molecular weight is 191 g/mol. The fourth-order valence-electron chi connectivity index (χ4n) is 1.35. The first-order chi connectivity index (χ1) is 6.33. The maximum atomic E-state index is 11.7. The molecule has 0 saturated carbocycles. The third-order valence-electron chi connectivity index (χ3n) is 1.95. The summed E-state index contributed by atoms with van der Waals surface area (Å²) in [5.41, 5.74) is 0.831. The van der Waals surface area contributed by atoms with Crippen LogP contribution >= 0.6 is 11.8 Å². The average Bonchev–Trinajstić information content (AvgIpc) is 2.46. The van der Waals surface area contributed by atoms with Crippen LogP contribution in [0.4, 0.5) is 0 Å². The monoisotopic (exact) mass is 191 g/mol. The van der Waals surface area contributed by atoms with E-state index in [-0.39, 0.29) is 11.0 Å². The lowest BCUT2D eigenvalue weighted by molar-refractivity contribution is 0.101. The van der Waals surface area contributed by atoms with E-state index in [1.807, 2.05) is 24.3 Å². The molecule has 0 spiro atoms. The first-order valence-electron chi connectivity index (χ1n) is 4.05. The minimum atomic E-state index is -0.109. The molecular weight excluding hydrogens is 182 g/mol. The largest absolute Gasteiger partial charge is 0.299 e. The summed E-state index contributed by atoms with van der Waals surface area (Å²) >= 11 is 1.57. The molecule has 1 atom stereocenters. The zero-order valence-corrected chi connectivity index (χ0v) is 8.04. The van der Waals surface area contributed by atoms with Crippen molar-refractivity contribution >= 4 is 23.8 Å². The van der Waals surface area contributed by atoms with Gasteiger partial charge >= 0.3 is 0 Å². The van der Waals surface area contributed by atoms with Gasteiger partial charge in [-0.05, 0) is 6.07 Å². The summed E-state index contributed by atoms with van der Waals surface area (Å²) in [4.78, 5) is 16.6. The summed E-state index contributed by atoms with van der Waals surface area (Å²) in [6.07, 6.45) is 1.70. The number of ketones is 1. The molecule has 1 unspecified atom stereocenters. The van der Waals surface area contributed by atoms with Crippen molar-refractivity contribution in [3.05, 3.63) is 29.8 Å². The fraction of sp³-hybridized carbons (Fsp3) is 0.200. The van der Waals surface area contributed by atoms with Crippen molar-refractivity contribution in [1.82, 2.24) is 0 Å². The zero-order valence-electron chi connectivity index (χ0n) is 7.23. The first-order valence-corrected chi connectivity index (χ1v) is 4.93. The highest BCUT2D eigenvalue weighted by atomic mass is 32.2. The summed E-state index contributed by atoms with van der Waals surface area (Å²) in [7, 11) is 1.69. The molecule has 2 nitrogen and oxygen atoms in total. The molecular formula is C10H9NOS. The molecule has 1 aromatic carbocycles. The molecule has 0 fully saturated rings. The van der Waals surface area contributed by atoms with Crippen LogP contribution in [0.3, 0.4) is 0 Å². The van der Waals surface area contributed by atoms with Crippen molar-refractivity contribution in [3.63, 3.8) is 0 Å². The van der Waals surface area contributed by atoms with Gasteiger partial charge in [0.1, 0.15) is 5.25 Å². The Morgan fingerprint density at radius 1 is 1.46 bits per heavy atom.